The predicted octanol–water partition coefficient (Wildman–Crippen LogP) is 3.03. The Balaban J connectivity index is 2.17. The lowest BCUT2D eigenvalue weighted by atomic mass is 10.4. The van der Waals surface area contributed by atoms with Gasteiger partial charge in [-0.05, 0) is 25.3 Å². The lowest BCUT2D eigenvalue weighted by Gasteiger charge is -2.18. The van der Waals surface area contributed by atoms with Gasteiger partial charge >= 0.3 is 0 Å². The number of nitrogens with zero attached hydrogens (tertiary/aromatic N) is 2. The van der Waals surface area contributed by atoms with Crippen molar-refractivity contribution in [1.29, 1.82) is 0 Å². The highest BCUT2D eigenvalue weighted by Crippen LogP contribution is 2.27. The summed E-state index contributed by atoms with van der Waals surface area (Å²) < 4.78 is 0. The molecule has 0 bridgehead atoms. The third-order valence-electron chi connectivity index (χ3n) is 2.60. The van der Waals surface area contributed by atoms with Crippen LogP contribution >= 0.6 is 22.7 Å². The number of thiophene rings is 1. The summed E-state index contributed by atoms with van der Waals surface area (Å²) in [5.41, 5.74) is 0.942. The largest absolute Gasteiger partial charge is 0.391 e. The van der Waals surface area contributed by atoms with Crippen molar-refractivity contribution in [3.63, 3.8) is 0 Å². The number of anilines is 1. The Kier molecular flexibility index (Phi) is 4.15. The van der Waals surface area contributed by atoms with Crippen LogP contribution in [0.15, 0.2) is 17.5 Å². The monoisotopic (exact) mass is 268 g/mol. The quantitative estimate of drug-likeness (QED) is 0.905. The Morgan fingerprint density at radius 3 is 2.82 bits per heavy atom. The van der Waals surface area contributed by atoms with Gasteiger partial charge in [0.15, 0.2) is 5.13 Å². The Bertz CT molecular complexity index is 465. The first-order chi connectivity index (χ1) is 8.24. The molecule has 0 aliphatic rings. The maximum Gasteiger partial charge on any atom is 0.186 e. The molecule has 0 aliphatic carbocycles. The molecule has 3 nitrogen and oxygen atoms in total. The van der Waals surface area contributed by atoms with Gasteiger partial charge in [0.25, 0.3) is 0 Å². The maximum atomic E-state index is 9.20. The van der Waals surface area contributed by atoms with Crippen LogP contribution in [0.5, 0.6) is 0 Å². The highest BCUT2D eigenvalue weighted by atomic mass is 32.1. The SMILES string of the molecule is CCN(Cc1cccs1)c1nc(C)c(CO)s1. The van der Waals surface area contributed by atoms with Crippen LogP contribution in [-0.4, -0.2) is 16.6 Å². The molecule has 2 rings (SSSR count). The fourth-order valence-corrected chi connectivity index (χ4v) is 3.30. The zero-order valence-corrected chi connectivity index (χ0v) is 11.6. The van der Waals surface area contributed by atoms with Crippen LogP contribution in [0.25, 0.3) is 0 Å². The van der Waals surface area contributed by atoms with Gasteiger partial charge in [-0.3, -0.25) is 0 Å². The molecule has 0 spiro atoms. The molecule has 2 aromatic rings. The zero-order valence-electron chi connectivity index (χ0n) is 10.0. The summed E-state index contributed by atoms with van der Waals surface area (Å²) >= 11 is 3.35. The number of hydrogen-bond acceptors (Lipinski definition) is 5. The first kappa shape index (κ1) is 12.5. The van der Waals surface area contributed by atoms with E-state index >= 15 is 0 Å². The van der Waals surface area contributed by atoms with Crippen molar-refractivity contribution in [3.05, 3.63) is 33.0 Å². The molecule has 17 heavy (non-hydrogen) atoms. The highest BCUT2D eigenvalue weighted by molar-refractivity contribution is 7.15. The van der Waals surface area contributed by atoms with E-state index in [9.17, 15) is 5.11 Å². The summed E-state index contributed by atoms with van der Waals surface area (Å²) in [5, 5.41) is 12.3. The van der Waals surface area contributed by atoms with E-state index in [0.717, 1.165) is 28.8 Å². The molecule has 5 heteroatoms. The lowest BCUT2D eigenvalue weighted by Crippen LogP contribution is -2.21. The van der Waals surface area contributed by atoms with Gasteiger partial charge in [-0.15, -0.1) is 11.3 Å². The fraction of sp³-hybridized carbons (Fsp3) is 0.417. The van der Waals surface area contributed by atoms with Crippen LogP contribution in [0.2, 0.25) is 0 Å². The van der Waals surface area contributed by atoms with Crippen molar-refractivity contribution in [2.75, 3.05) is 11.4 Å². The molecule has 0 atom stereocenters. The minimum atomic E-state index is 0.0834. The molecular formula is C12H16N2OS2. The molecule has 1 N–H and O–H groups in total. The van der Waals surface area contributed by atoms with Gasteiger partial charge in [0, 0.05) is 11.4 Å². The minimum Gasteiger partial charge on any atom is -0.391 e. The molecule has 2 heterocycles. The smallest absolute Gasteiger partial charge is 0.186 e. The summed E-state index contributed by atoms with van der Waals surface area (Å²) in [6.07, 6.45) is 0. The van der Waals surface area contributed by atoms with Crippen molar-refractivity contribution in [3.8, 4) is 0 Å². The second-order valence-electron chi connectivity index (χ2n) is 3.76. The average molecular weight is 268 g/mol. The second kappa shape index (κ2) is 5.62. The number of aryl methyl sites for hydroxylation is 1. The van der Waals surface area contributed by atoms with E-state index in [1.807, 2.05) is 6.92 Å². The number of thiazole rings is 1. The molecule has 0 unspecified atom stereocenters. The minimum absolute atomic E-state index is 0.0834. The molecular weight excluding hydrogens is 252 g/mol. The van der Waals surface area contributed by atoms with Crippen LogP contribution in [0.4, 0.5) is 5.13 Å². The van der Waals surface area contributed by atoms with Crippen molar-refractivity contribution in [2.45, 2.75) is 27.0 Å². The van der Waals surface area contributed by atoms with Crippen LogP contribution in [-0.2, 0) is 13.2 Å². The van der Waals surface area contributed by atoms with Gasteiger partial charge in [-0.25, -0.2) is 4.98 Å². The van der Waals surface area contributed by atoms with Crippen LogP contribution in [0.3, 0.4) is 0 Å². The van der Waals surface area contributed by atoms with Crippen molar-refractivity contribution < 1.29 is 5.11 Å². The third kappa shape index (κ3) is 2.86. The lowest BCUT2D eigenvalue weighted by molar-refractivity contribution is 0.284. The highest BCUT2D eigenvalue weighted by Gasteiger charge is 2.13. The molecule has 0 aliphatic heterocycles. The number of hydrogen-bond donors (Lipinski definition) is 1. The summed E-state index contributed by atoms with van der Waals surface area (Å²) in [4.78, 5) is 9.06. The van der Waals surface area contributed by atoms with E-state index in [1.165, 1.54) is 4.88 Å². The van der Waals surface area contributed by atoms with E-state index in [2.05, 4.69) is 34.3 Å². The molecule has 0 radical (unpaired) electrons. The molecule has 92 valence electrons. The Morgan fingerprint density at radius 2 is 2.29 bits per heavy atom. The van der Waals surface area contributed by atoms with Crippen molar-refractivity contribution in [2.24, 2.45) is 0 Å². The van der Waals surface area contributed by atoms with Crippen molar-refractivity contribution >= 4 is 27.8 Å². The molecule has 2 aromatic heterocycles. The van der Waals surface area contributed by atoms with Gasteiger partial charge in [-0.1, -0.05) is 17.4 Å². The van der Waals surface area contributed by atoms with Crippen LogP contribution in [0, 0.1) is 6.92 Å². The Labute approximate surface area is 109 Å². The number of rotatable bonds is 5. The van der Waals surface area contributed by atoms with E-state index in [1.54, 1.807) is 22.7 Å². The molecule has 0 fully saturated rings. The van der Waals surface area contributed by atoms with Gasteiger partial charge in [-0.2, -0.15) is 0 Å². The number of aliphatic hydroxyl groups excluding tert-OH is 1. The van der Waals surface area contributed by atoms with E-state index < -0.39 is 0 Å². The van der Waals surface area contributed by atoms with Crippen LogP contribution < -0.4 is 4.90 Å². The van der Waals surface area contributed by atoms with E-state index in [-0.39, 0.29) is 6.61 Å². The summed E-state index contributed by atoms with van der Waals surface area (Å²) in [6, 6.07) is 4.21. The topological polar surface area (TPSA) is 36.4 Å². The second-order valence-corrected chi connectivity index (χ2v) is 5.85. The van der Waals surface area contributed by atoms with Crippen LogP contribution in [0.1, 0.15) is 22.4 Å². The van der Waals surface area contributed by atoms with Crippen molar-refractivity contribution in [1.82, 2.24) is 4.98 Å². The molecule has 0 saturated heterocycles. The predicted molar refractivity (Wildman–Crippen MR) is 73.8 cm³/mol. The maximum absolute atomic E-state index is 9.20. The summed E-state index contributed by atoms with van der Waals surface area (Å²) in [7, 11) is 0. The molecule has 0 saturated carbocycles. The van der Waals surface area contributed by atoms with Gasteiger partial charge in [0.1, 0.15) is 0 Å². The molecule has 0 aromatic carbocycles. The third-order valence-corrected chi connectivity index (χ3v) is 4.67. The first-order valence-electron chi connectivity index (χ1n) is 5.59. The number of aliphatic hydroxyl groups is 1. The normalized spacial score (nSPS) is 10.8. The van der Waals surface area contributed by atoms with E-state index in [4.69, 9.17) is 0 Å². The Hall–Kier alpha value is -0.910. The average Bonchev–Trinajstić information content (AvgIpc) is 2.95. The molecule has 0 amide bonds. The van der Waals surface area contributed by atoms with Gasteiger partial charge in [0.2, 0.25) is 0 Å². The van der Waals surface area contributed by atoms with Gasteiger partial charge in [0.05, 0.1) is 23.7 Å². The number of aromatic nitrogens is 1. The summed E-state index contributed by atoms with van der Waals surface area (Å²) in [5.74, 6) is 0. The Morgan fingerprint density at radius 1 is 1.47 bits per heavy atom. The van der Waals surface area contributed by atoms with Gasteiger partial charge < -0.3 is 10.0 Å². The first-order valence-corrected chi connectivity index (χ1v) is 7.28. The standard InChI is InChI=1S/C12H16N2OS2/c1-3-14(7-10-5-4-6-16-10)12-13-9(2)11(8-15)17-12/h4-6,15H,3,7-8H2,1-2H3. The van der Waals surface area contributed by atoms with E-state index in [0.29, 0.717) is 0 Å². The summed E-state index contributed by atoms with van der Waals surface area (Å²) in [6.45, 7) is 5.98. The fourth-order valence-electron chi connectivity index (χ4n) is 1.60. The zero-order chi connectivity index (χ0) is 12.3.